The SMILES string of the molecule is CC(=O)O.CS(=O)(=O)Oc1ccc(C2(c3cccc(-c4ccc(F)nc4)c3)N=C(N)N3CCCN=C32)cc1. The number of carboxylic acids is 1. The molecule has 3 N–H and O–H groups in total. The number of fused-ring (bicyclic) bond motifs is 1. The second-order valence-corrected chi connectivity index (χ2v) is 10.2. The average Bonchev–Trinajstić information content (AvgIpc) is 3.17. The Balaban J connectivity index is 0.000000786. The minimum atomic E-state index is -3.66. The number of benzene rings is 2. The molecule has 2 aliphatic heterocycles. The molecular formula is C26H26FN5O5S. The van der Waals surface area contributed by atoms with Gasteiger partial charge >= 0.3 is 10.1 Å². The van der Waals surface area contributed by atoms with Crippen LogP contribution in [0.2, 0.25) is 0 Å². The largest absolute Gasteiger partial charge is 0.481 e. The van der Waals surface area contributed by atoms with E-state index in [1.165, 1.54) is 12.3 Å². The van der Waals surface area contributed by atoms with E-state index in [-0.39, 0.29) is 5.75 Å². The molecule has 0 radical (unpaired) electrons. The van der Waals surface area contributed by atoms with Gasteiger partial charge in [-0.25, -0.2) is 9.98 Å². The summed E-state index contributed by atoms with van der Waals surface area (Å²) in [6.07, 6.45) is 3.34. The Kier molecular flexibility index (Phi) is 7.44. The number of hydrogen-bond acceptors (Lipinski definition) is 9. The molecule has 5 rings (SSSR count). The molecule has 3 heterocycles. The number of nitrogens with zero attached hydrogens (tertiary/aromatic N) is 4. The van der Waals surface area contributed by atoms with Crippen LogP contribution in [0.25, 0.3) is 11.1 Å². The lowest BCUT2D eigenvalue weighted by Crippen LogP contribution is -2.46. The number of aromatic nitrogens is 1. The number of guanidine groups is 1. The van der Waals surface area contributed by atoms with Gasteiger partial charge in [-0.1, -0.05) is 30.3 Å². The molecule has 10 nitrogen and oxygen atoms in total. The van der Waals surface area contributed by atoms with Gasteiger partial charge in [-0.3, -0.25) is 14.7 Å². The fraction of sp³-hybridized carbons (Fsp3) is 0.231. The summed E-state index contributed by atoms with van der Waals surface area (Å²) in [7, 11) is -3.66. The zero-order chi connectivity index (χ0) is 27.5. The number of carboxylic acid groups (broad SMARTS) is 1. The number of hydrogen-bond donors (Lipinski definition) is 2. The van der Waals surface area contributed by atoms with Gasteiger partial charge in [-0.2, -0.15) is 12.8 Å². The molecule has 0 bridgehead atoms. The van der Waals surface area contributed by atoms with Gasteiger partial charge in [0.15, 0.2) is 11.5 Å². The first-order chi connectivity index (χ1) is 18.0. The number of aliphatic imine (C=N–C) groups is 2. The van der Waals surface area contributed by atoms with Crippen molar-refractivity contribution in [2.24, 2.45) is 15.7 Å². The first kappa shape index (κ1) is 26.7. The van der Waals surface area contributed by atoms with Gasteiger partial charge < -0.3 is 15.0 Å². The molecule has 0 fully saturated rings. The van der Waals surface area contributed by atoms with Crippen LogP contribution >= 0.6 is 0 Å². The molecule has 3 aromatic rings. The lowest BCUT2D eigenvalue weighted by Gasteiger charge is -2.33. The lowest BCUT2D eigenvalue weighted by atomic mass is 9.81. The highest BCUT2D eigenvalue weighted by Crippen LogP contribution is 2.43. The number of carbonyl (C=O) groups is 1. The summed E-state index contributed by atoms with van der Waals surface area (Å²) in [5, 5.41) is 7.42. The zero-order valence-corrected chi connectivity index (χ0v) is 21.5. The highest BCUT2D eigenvalue weighted by Gasteiger charge is 2.49. The Bertz CT molecular complexity index is 1500. The van der Waals surface area contributed by atoms with E-state index in [0.29, 0.717) is 24.9 Å². The zero-order valence-electron chi connectivity index (χ0n) is 20.7. The van der Waals surface area contributed by atoms with Crippen LogP contribution in [-0.4, -0.2) is 60.5 Å². The first-order valence-corrected chi connectivity index (χ1v) is 13.4. The Morgan fingerprint density at radius 1 is 1.11 bits per heavy atom. The third kappa shape index (κ3) is 5.65. The van der Waals surface area contributed by atoms with Crippen LogP contribution in [0.15, 0.2) is 76.8 Å². The number of nitrogens with two attached hydrogens (primary N) is 1. The van der Waals surface area contributed by atoms with Crippen molar-refractivity contribution >= 4 is 27.9 Å². The van der Waals surface area contributed by atoms with Gasteiger partial charge in [0.25, 0.3) is 5.97 Å². The van der Waals surface area contributed by atoms with Crippen molar-refractivity contribution in [1.82, 2.24) is 9.88 Å². The summed E-state index contributed by atoms with van der Waals surface area (Å²) >= 11 is 0. The van der Waals surface area contributed by atoms with Crippen LogP contribution in [0.1, 0.15) is 24.5 Å². The Hall–Kier alpha value is -4.32. The fourth-order valence-electron chi connectivity index (χ4n) is 4.37. The van der Waals surface area contributed by atoms with Crippen molar-refractivity contribution in [3.05, 3.63) is 83.9 Å². The van der Waals surface area contributed by atoms with E-state index >= 15 is 0 Å². The summed E-state index contributed by atoms with van der Waals surface area (Å²) in [5.74, 6) is -0.107. The van der Waals surface area contributed by atoms with Crippen LogP contribution in [0, 0.1) is 5.95 Å². The molecule has 1 unspecified atom stereocenters. The van der Waals surface area contributed by atoms with Crippen LogP contribution in [0.4, 0.5) is 4.39 Å². The Morgan fingerprint density at radius 2 is 1.82 bits per heavy atom. The third-order valence-electron chi connectivity index (χ3n) is 5.80. The van der Waals surface area contributed by atoms with E-state index in [2.05, 4.69) is 4.98 Å². The van der Waals surface area contributed by atoms with Crippen molar-refractivity contribution in [3.8, 4) is 16.9 Å². The van der Waals surface area contributed by atoms with Crippen LogP contribution in [-0.2, 0) is 20.5 Å². The summed E-state index contributed by atoms with van der Waals surface area (Å²) in [6.45, 7) is 2.43. The molecule has 0 saturated carbocycles. The molecule has 0 spiro atoms. The molecule has 38 heavy (non-hydrogen) atoms. The van der Waals surface area contributed by atoms with Crippen molar-refractivity contribution in [3.63, 3.8) is 0 Å². The van der Waals surface area contributed by atoms with Gasteiger partial charge in [0.05, 0.1) is 6.26 Å². The van der Waals surface area contributed by atoms with Crippen LogP contribution < -0.4 is 9.92 Å². The van der Waals surface area contributed by atoms with Gasteiger partial charge in [-0.15, -0.1) is 0 Å². The van der Waals surface area contributed by atoms with E-state index in [0.717, 1.165) is 41.9 Å². The maximum Gasteiger partial charge on any atom is 0.306 e. The Morgan fingerprint density at radius 3 is 2.45 bits per heavy atom. The highest BCUT2D eigenvalue weighted by molar-refractivity contribution is 7.86. The van der Waals surface area contributed by atoms with Crippen molar-refractivity contribution in [2.45, 2.75) is 18.9 Å². The highest BCUT2D eigenvalue weighted by atomic mass is 32.2. The normalized spacial score (nSPS) is 18.4. The van der Waals surface area contributed by atoms with Crippen LogP contribution in [0.3, 0.4) is 0 Å². The quantitative estimate of drug-likeness (QED) is 0.371. The molecule has 0 saturated heterocycles. The maximum absolute atomic E-state index is 13.4. The summed E-state index contributed by atoms with van der Waals surface area (Å²) < 4.78 is 41.4. The fourth-order valence-corrected chi connectivity index (χ4v) is 4.83. The predicted molar refractivity (Wildman–Crippen MR) is 141 cm³/mol. The second-order valence-electron chi connectivity index (χ2n) is 8.67. The number of amidine groups is 1. The van der Waals surface area contributed by atoms with Crippen LogP contribution in [0.5, 0.6) is 5.75 Å². The van der Waals surface area contributed by atoms with E-state index in [9.17, 15) is 12.8 Å². The molecule has 198 valence electrons. The standard InChI is InChI=1S/C24H22FN5O3S.C2H4O2/c1-34(31,32)33-20-9-7-18(8-10-20)24(22-27-12-3-13-30(22)23(26)29-24)19-5-2-4-16(14-19)17-6-11-21(25)28-15-17;1-2(3)4/h2,4-11,14-15H,3,12-13H2,1H3,(H2,26,29);1H3,(H,3,4). The van der Waals surface area contributed by atoms with Gasteiger partial charge in [0.1, 0.15) is 11.6 Å². The minimum Gasteiger partial charge on any atom is -0.481 e. The van der Waals surface area contributed by atoms with E-state index in [4.69, 9.17) is 29.8 Å². The van der Waals surface area contributed by atoms with Crippen molar-refractivity contribution < 1.29 is 26.9 Å². The molecule has 1 aromatic heterocycles. The average molecular weight is 540 g/mol. The first-order valence-electron chi connectivity index (χ1n) is 11.6. The third-order valence-corrected chi connectivity index (χ3v) is 6.30. The molecule has 2 aromatic carbocycles. The number of aliphatic carboxylic acids is 1. The van der Waals surface area contributed by atoms with E-state index in [1.54, 1.807) is 30.3 Å². The minimum absolute atomic E-state index is 0.199. The molecule has 2 aliphatic rings. The predicted octanol–water partition coefficient (Wildman–Crippen LogP) is 2.99. The van der Waals surface area contributed by atoms with Crippen molar-refractivity contribution in [1.29, 1.82) is 0 Å². The molecular weight excluding hydrogens is 513 g/mol. The smallest absolute Gasteiger partial charge is 0.306 e. The van der Waals surface area contributed by atoms with Crippen molar-refractivity contribution in [2.75, 3.05) is 19.3 Å². The monoisotopic (exact) mass is 539 g/mol. The van der Waals surface area contributed by atoms with Gasteiger partial charge in [0, 0.05) is 31.8 Å². The molecule has 1 atom stereocenters. The van der Waals surface area contributed by atoms with E-state index < -0.39 is 27.6 Å². The Labute approximate surface area is 219 Å². The second kappa shape index (κ2) is 10.6. The van der Waals surface area contributed by atoms with Gasteiger partial charge in [-0.05, 0) is 53.4 Å². The summed E-state index contributed by atoms with van der Waals surface area (Å²) in [6, 6.07) is 17.4. The molecule has 12 heteroatoms. The molecule has 0 aliphatic carbocycles. The maximum atomic E-state index is 13.4. The number of pyridine rings is 1. The number of rotatable bonds is 5. The van der Waals surface area contributed by atoms with Gasteiger partial charge in [0.2, 0.25) is 5.95 Å². The van der Waals surface area contributed by atoms with E-state index in [1.807, 2.05) is 29.2 Å². The summed E-state index contributed by atoms with van der Waals surface area (Å²) in [5.41, 5.74) is 8.50. The topological polar surface area (TPSA) is 148 Å². The number of halogens is 1. The lowest BCUT2D eigenvalue weighted by molar-refractivity contribution is -0.134. The molecule has 0 amide bonds. The summed E-state index contributed by atoms with van der Waals surface area (Å²) in [4.78, 5) is 24.4.